The van der Waals surface area contributed by atoms with Crippen LogP contribution in [0.15, 0.2) is 41.2 Å². The molecule has 2 aromatic carbocycles. The standard InChI is InChI=1S/C26H26ClF2N3O4/c1-15-30-24(36-14-17-4-6-19(28)11-21(17)29)23(27)25(34)32(15)20-7-5-16-8-9-31(13-18(16)10-20)22(33)12-26(2,3)35/h4-7,10-11,35H,8-9,12-14H2,1-3H3. The molecular formula is C26H26ClF2N3O4. The number of halogens is 3. The normalized spacial score (nSPS) is 13.5. The van der Waals surface area contributed by atoms with Gasteiger partial charge in [-0.2, -0.15) is 4.98 Å². The van der Waals surface area contributed by atoms with Crippen molar-refractivity contribution < 1.29 is 23.4 Å². The Hall–Kier alpha value is -3.30. The van der Waals surface area contributed by atoms with Crippen molar-refractivity contribution in [2.75, 3.05) is 6.54 Å². The Balaban J connectivity index is 1.59. The summed E-state index contributed by atoms with van der Waals surface area (Å²) in [4.78, 5) is 31.7. The van der Waals surface area contributed by atoms with Crippen LogP contribution in [-0.4, -0.2) is 37.6 Å². The van der Waals surface area contributed by atoms with Crippen LogP contribution in [0.1, 0.15) is 42.8 Å². The first-order chi connectivity index (χ1) is 16.9. The molecule has 1 aliphatic heterocycles. The smallest absolute Gasteiger partial charge is 0.280 e. The van der Waals surface area contributed by atoms with Crippen molar-refractivity contribution in [1.82, 2.24) is 14.5 Å². The van der Waals surface area contributed by atoms with Crippen molar-refractivity contribution >= 4 is 17.5 Å². The molecule has 0 radical (unpaired) electrons. The van der Waals surface area contributed by atoms with Crippen LogP contribution in [0.4, 0.5) is 8.78 Å². The molecule has 10 heteroatoms. The zero-order valence-corrected chi connectivity index (χ0v) is 20.9. The maximum atomic E-state index is 13.9. The minimum atomic E-state index is -1.10. The van der Waals surface area contributed by atoms with E-state index in [-0.39, 0.29) is 35.4 Å². The number of aliphatic hydroxyl groups is 1. The Morgan fingerprint density at radius 3 is 2.64 bits per heavy atom. The minimum Gasteiger partial charge on any atom is -0.471 e. The van der Waals surface area contributed by atoms with Gasteiger partial charge in [0, 0.05) is 24.7 Å². The van der Waals surface area contributed by atoms with E-state index in [1.165, 1.54) is 10.6 Å². The summed E-state index contributed by atoms with van der Waals surface area (Å²) in [6, 6.07) is 8.61. The molecule has 0 saturated carbocycles. The number of aromatic nitrogens is 2. The summed E-state index contributed by atoms with van der Waals surface area (Å²) in [5.41, 5.74) is 0.908. The SMILES string of the molecule is Cc1nc(OCc2ccc(F)cc2F)c(Cl)c(=O)n1-c1ccc2c(c1)CN(C(=O)CC(C)(C)O)CC2. The number of hydrogen-bond donors (Lipinski definition) is 1. The Bertz CT molecular complexity index is 1380. The van der Waals surface area contributed by atoms with E-state index in [0.717, 1.165) is 23.3 Å². The van der Waals surface area contributed by atoms with E-state index in [1.807, 2.05) is 12.1 Å². The van der Waals surface area contributed by atoms with Gasteiger partial charge in [0.2, 0.25) is 11.8 Å². The number of hydrogen-bond acceptors (Lipinski definition) is 5. The van der Waals surface area contributed by atoms with Crippen LogP contribution < -0.4 is 10.3 Å². The van der Waals surface area contributed by atoms with E-state index >= 15 is 0 Å². The van der Waals surface area contributed by atoms with E-state index in [9.17, 15) is 23.5 Å². The average molecular weight is 518 g/mol. The number of aryl methyl sites for hydroxylation is 1. The minimum absolute atomic E-state index is 0.0173. The molecule has 0 bridgehead atoms. The van der Waals surface area contributed by atoms with Gasteiger partial charge in [-0.05, 0) is 62.6 Å². The topological polar surface area (TPSA) is 84.7 Å². The number of amides is 1. The first-order valence-electron chi connectivity index (χ1n) is 11.4. The van der Waals surface area contributed by atoms with Gasteiger partial charge in [0.05, 0.1) is 17.7 Å². The zero-order valence-electron chi connectivity index (χ0n) is 20.1. The summed E-state index contributed by atoms with van der Waals surface area (Å²) >= 11 is 6.27. The van der Waals surface area contributed by atoms with Gasteiger partial charge in [-0.25, -0.2) is 8.78 Å². The first kappa shape index (κ1) is 25.8. The molecule has 1 aliphatic rings. The molecule has 0 saturated heterocycles. The number of nitrogens with zero attached hydrogens (tertiary/aromatic N) is 3. The third-order valence-corrected chi connectivity index (χ3v) is 6.27. The molecule has 3 aromatic rings. The summed E-state index contributed by atoms with van der Waals surface area (Å²) in [6.45, 7) is 5.43. The van der Waals surface area contributed by atoms with Crippen LogP contribution in [0.3, 0.4) is 0 Å². The van der Waals surface area contributed by atoms with Crippen molar-refractivity contribution in [2.24, 2.45) is 0 Å². The molecule has 1 N–H and O–H groups in total. The van der Waals surface area contributed by atoms with Crippen molar-refractivity contribution in [2.45, 2.75) is 52.4 Å². The lowest BCUT2D eigenvalue weighted by Crippen LogP contribution is -2.39. The van der Waals surface area contributed by atoms with E-state index in [1.54, 1.807) is 31.7 Å². The Labute approximate surface area is 211 Å². The quantitative estimate of drug-likeness (QED) is 0.532. The fourth-order valence-corrected chi connectivity index (χ4v) is 4.33. The van der Waals surface area contributed by atoms with Crippen LogP contribution in [0, 0.1) is 18.6 Å². The summed E-state index contributed by atoms with van der Waals surface area (Å²) in [5, 5.41) is 9.72. The summed E-state index contributed by atoms with van der Waals surface area (Å²) in [7, 11) is 0. The molecule has 0 aliphatic carbocycles. The predicted octanol–water partition coefficient (Wildman–Crippen LogP) is 4.10. The van der Waals surface area contributed by atoms with Gasteiger partial charge in [-0.3, -0.25) is 14.2 Å². The number of carbonyl (C=O) groups excluding carboxylic acids is 1. The van der Waals surface area contributed by atoms with Gasteiger partial charge in [0.25, 0.3) is 5.56 Å². The number of ether oxygens (including phenoxy) is 1. The Kier molecular flexibility index (Phi) is 7.15. The van der Waals surface area contributed by atoms with Crippen molar-refractivity contribution in [3.63, 3.8) is 0 Å². The molecule has 4 rings (SSSR count). The van der Waals surface area contributed by atoms with E-state index in [4.69, 9.17) is 16.3 Å². The summed E-state index contributed by atoms with van der Waals surface area (Å²) in [6.07, 6.45) is 0.677. The van der Waals surface area contributed by atoms with Crippen molar-refractivity contribution in [3.05, 3.63) is 85.9 Å². The van der Waals surface area contributed by atoms with Gasteiger partial charge >= 0.3 is 0 Å². The number of carbonyl (C=O) groups is 1. The maximum Gasteiger partial charge on any atom is 0.280 e. The monoisotopic (exact) mass is 517 g/mol. The second-order valence-electron chi connectivity index (χ2n) is 9.45. The Morgan fingerprint density at radius 2 is 1.94 bits per heavy atom. The van der Waals surface area contributed by atoms with Gasteiger partial charge in [0.1, 0.15) is 24.1 Å². The highest BCUT2D eigenvalue weighted by atomic mass is 35.5. The van der Waals surface area contributed by atoms with E-state index < -0.39 is 22.8 Å². The molecule has 0 atom stereocenters. The highest BCUT2D eigenvalue weighted by molar-refractivity contribution is 6.31. The molecule has 0 spiro atoms. The van der Waals surface area contributed by atoms with Gasteiger partial charge in [0.15, 0.2) is 5.02 Å². The van der Waals surface area contributed by atoms with Crippen LogP contribution in [0.2, 0.25) is 5.02 Å². The predicted molar refractivity (Wildman–Crippen MR) is 130 cm³/mol. The van der Waals surface area contributed by atoms with E-state index in [2.05, 4.69) is 4.98 Å². The van der Waals surface area contributed by atoms with Crippen LogP contribution in [-0.2, 0) is 24.4 Å². The van der Waals surface area contributed by atoms with E-state index in [0.29, 0.717) is 31.0 Å². The van der Waals surface area contributed by atoms with Crippen molar-refractivity contribution in [3.8, 4) is 11.6 Å². The first-order valence-corrected chi connectivity index (χ1v) is 11.8. The maximum absolute atomic E-state index is 13.9. The van der Waals surface area contributed by atoms with Crippen LogP contribution in [0.25, 0.3) is 5.69 Å². The Morgan fingerprint density at radius 1 is 1.19 bits per heavy atom. The van der Waals surface area contributed by atoms with Gasteiger partial charge in [-0.1, -0.05) is 17.7 Å². The zero-order chi connectivity index (χ0) is 26.2. The third-order valence-electron chi connectivity index (χ3n) is 5.94. The molecule has 1 amide bonds. The second kappa shape index (κ2) is 9.99. The molecule has 0 unspecified atom stereocenters. The molecule has 2 heterocycles. The third kappa shape index (κ3) is 5.57. The number of rotatable bonds is 6. The lowest BCUT2D eigenvalue weighted by molar-refractivity contribution is -0.136. The molecule has 7 nitrogen and oxygen atoms in total. The average Bonchev–Trinajstić information content (AvgIpc) is 2.80. The van der Waals surface area contributed by atoms with Gasteiger partial charge in [-0.15, -0.1) is 0 Å². The molecular weight excluding hydrogens is 492 g/mol. The molecule has 0 fully saturated rings. The molecule has 36 heavy (non-hydrogen) atoms. The lowest BCUT2D eigenvalue weighted by atomic mass is 9.97. The van der Waals surface area contributed by atoms with Crippen LogP contribution in [0.5, 0.6) is 5.88 Å². The lowest BCUT2D eigenvalue weighted by Gasteiger charge is -2.31. The van der Waals surface area contributed by atoms with Crippen LogP contribution >= 0.6 is 11.6 Å². The van der Waals surface area contributed by atoms with Crippen molar-refractivity contribution in [1.29, 1.82) is 0 Å². The highest BCUT2D eigenvalue weighted by Gasteiger charge is 2.26. The summed E-state index contributed by atoms with van der Waals surface area (Å²) < 4.78 is 33.9. The fraction of sp³-hybridized carbons (Fsp3) is 0.346. The molecule has 190 valence electrons. The second-order valence-corrected chi connectivity index (χ2v) is 9.83. The fourth-order valence-electron chi connectivity index (χ4n) is 4.14. The highest BCUT2D eigenvalue weighted by Crippen LogP contribution is 2.26. The largest absolute Gasteiger partial charge is 0.471 e. The molecule has 1 aromatic heterocycles. The van der Waals surface area contributed by atoms with Gasteiger partial charge < -0.3 is 14.7 Å². The summed E-state index contributed by atoms with van der Waals surface area (Å²) in [5.74, 6) is -1.48. The number of fused-ring (bicyclic) bond motifs is 1. The number of benzene rings is 2.